The molecule has 2 aromatic carbocycles. The Hall–Kier alpha value is -3.47. The molecule has 2 aromatic rings. The van der Waals surface area contributed by atoms with Crippen molar-refractivity contribution in [2.45, 2.75) is 17.7 Å². The molecule has 10 heteroatoms. The summed E-state index contributed by atoms with van der Waals surface area (Å²) in [6, 6.07) is 12.7. The average molecular weight is 554 g/mol. The molecule has 4 rings (SSSR count). The minimum absolute atomic E-state index is 0.0645. The number of likely N-dealkylation sites (tertiary alicyclic amines) is 1. The summed E-state index contributed by atoms with van der Waals surface area (Å²) in [4.78, 5) is 17.5. The summed E-state index contributed by atoms with van der Waals surface area (Å²) in [6.45, 7) is 7.24. The van der Waals surface area contributed by atoms with Gasteiger partial charge in [0.1, 0.15) is 5.82 Å². The predicted octanol–water partition coefficient (Wildman–Crippen LogP) is 2.91. The van der Waals surface area contributed by atoms with Crippen LogP contribution in [0, 0.1) is 11.7 Å². The summed E-state index contributed by atoms with van der Waals surface area (Å²) in [6.07, 6.45) is 6.59. The van der Waals surface area contributed by atoms with Crippen molar-refractivity contribution in [3.63, 3.8) is 0 Å². The van der Waals surface area contributed by atoms with E-state index in [9.17, 15) is 17.6 Å². The molecule has 4 N–H and O–H groups in total. The van der Waals surface area contributed by atoms with E-state index >= 15 is 0 Å². The predicted molar refractivity (Wildman–Crippen MR) is 151 cm³/mol. The fourth-order valence-corrected chi connectivity index (χ4v) is 6.54. The summed E-state index contributed by atoms with van der Waals surface area (Å²) in [5.41, 5.74) is 14.3. The number of allylic oxidation sites excluding steroid dienone is 1. The van der Waals surface area contributed by atoms with E-state index in [1.807, 2.05) is 6.08 Å². The normalized spacial score (nSPS) is 18.5. The van der Waals surface area contributed by atoms with Gasteiger partial charge in [0.25, 0.3) is 0 Å². The summed E-state index contributed by atoms with van der Waals surface area (Å²) in [5, 5.41) is 0. The highest BCUT2D eigenvalue weighted by Crippen LogP contribution is 2.25. The second-order valence-corrected chi connectivity index (χ2v) is 11.9. The van der Waals surface area contributed by atoms with Gasteiger partial charge in [-0.15, -0.1) is 0 Å². The van der Waals surface area contributed by atoms with E-state index in [1.54, 1.807) is 47.4 Å². The van der Waals surface area contributed by atoms with Gasteiger partial charge < -0.3 is 16.4 Å². The standard InChI is InChI=1S/C29H36FN5O3S/c1-22(32)20-23(10-13-31)21-33-14-11-26(12-15-33)29(36)34-16-18-35(19-17-34)39(37,38)28-8-4-25(5-9-28)24-2-6-27(30)7-3-24/h2-10,13,20,26H,1,11-12,14-19,21,31-32H2/b13-10-,23-20+. The number of nitrogens with zero attached hydrogens (tertiary/aromatic N) is 3. The Bertz CT molecular complexity index is 1320. The fourth-order valence-electron chi connectivity index (χ4n) is 5.12. The SMILES string of the molecule is C=C(N)/C=C(\C=C/N)CN1CCC(C(=O)N2CCN(S(=O)(=O)c3ccc(-c4ccc(F)cc4)cc3)CC2)CC1. The topological polar surface area (TPSA) is 113 Å². The molecule has 0 radical (unpaired) electrons. The number of hydrogen-bond donors (Lipinski definition) is 2. The summed E-state index contributed by atoms with van der Waals surface area (Å²) in [7, 11) is -3.68. The first-order valence-corrected chi connectivity index (χ1v) is 14.5. The van der Waals surface area contributed by atoms with Gasteiger partial charge in [-0.05, 0) is 85.2 Å². The lowest BCUT2D eigenvalue weighted by Gasteiger charge is -2.38. The van der Waals surface area contributed by atoms with Crippen LogP contribution in [0.15, 0.2) is 89.6 Å². The quantitative estimate of drug-likeness (QED) is 0.486. The van der Waals surface area contributed by atoms with E-state index in [0.717, 1.165) is 42.6 Å². The van der Waals surface area contributed by atoms with Crippen molar-refractivity contribution in [2.24, 2.45) is 17.4 Å². The molecule has 2 aliphatic heterocycles. The molecular weight excluding hydrogens is 517 g/mol. The third-order valence-corrected chi connectivity index (χ3v) is 9.16. The number of halogens is 1. The van der Waals surface area contributed by atoms with E-state index in [4.69, 9.17) is 11.5 Å². The molecule has 0 atom stereocenters. The Morgan fingerprint density at radius 1 is 0.949 bits per heavy atom. The van der Waals surface area contributed by atoms with Gasteiger partial charge in [-0.3, -0.25) is 9.69 Å². The molecule has 0 saturated carbocycles. The summed E-state index contributed by atoms with van der Waals surface area (Å²) < 4.78 is 41.1. The summed E-state index contributed by atoms with van der Waals surface area (Å²) in [5.74, 6) is -0.285. The molecule has 2 aliphatic rings. The van der Waals surface area contributed by atoms with Crippen molar-refractivity contribution in [3.05, 3.63) is 90.5 Å². The van der Waals surface area contributed by atoms with Crippen LogP contribution in [0.3, 0.4) is 0 Å². The number of carbonyl (C=O) groups excluding carboxylic acids is 1. The molecule has 2 heterocycles. The number of piperazine rings is 1. The van der Waals surface area contributed by atoms with E-state index in [0.29, 0.717) is 25.3 Å². The lowest BCUT2D eigenvalue weighted by Crippen LogP contribution is -2.52. The highest BCUT2D eigenvalue weighted by Gasteiger charge is 2.34. The van der Waals surface area contributed by atoms with Gasteiger partial charge in [0.15, 0.2) is 0 Å². The van der Waals surface area contributed by atoms with E-state index < -0.39 is 10.0 Å². The van der Waals surface area contributed by atoms with Crippen molar-refractivity contribution in [1.29, 1.82) is 0 Å². The number of hydrogen-bond acceptors (Lipinski definition) is 6. The van der Waals surface area contributed by atoms with E-state index in [-0.39, 0.29) is 35.6 Å². The molecule has 2 fully saturated rings. The monoisotopic (exact) mass is 553 g/mol. The maximum atomic E-state index is 13.2. The zero-order chi connectivity index (χ0) is 28.0. The average Bonchev–Trinajstić information content (AvgIpc) is 2.93. The van der Waals surface area contributed by atoms with Crippen molar-refractivity contribution < 1.29 is 17.6 Å². The molecule has 1 amide bonds. The van der Waals surface area contributed by atoms with Gasteiger partial charge in [0, 0.05) is 44.3 Å². The fraction of sp³-hybridized carbons (Fsp3) is 0.345. The molecule has 0 spiro atoms. The maximum Gasteiger partial charge on any atom is 0.243 e. The van der Waals surface area contributed by atoms with Crippen LogP contribution in [-0.2, 0) is 14.8 Å². The minimum Gasteiger partial charge on any atom is -0.405 e. The number of piperidine rings is 1. The van der Waals surface area contributed by atoms with Gasteiger partial charge >= 0.3 is 0 Å². The Kier molecular flexibility index (Phi) is 9.21. The first-order chi connectivity index (χ1) is 18.7. The van der Waals surface area contributed by atoms with Crippen LogP contribution in [0.1, 0.15) is 12.8 Å². The van der Waals surface area contributed by atoms with Gasteiger partial charge in [-0.1, -0.05) is 30.8 Å². The molecule has 0 unspecified atom stereocenters. The third-order valence-electron chi connectivity index (χ3n) is 7.24. The van der Waals surface area contributed by atoms with E-state index in [2.05, 4.69) is 11.5 Å². The number of nitrogens with two attached hydrogens (primary N) is 2. The van der Waals surface area contributed by atoms with Crippen LogP contribution in [-0.4, -0.2) is 74.2 Å². The van der Waals surface area contributed by atoms with Crippen molar-refractivity contribution in [3.8, 4) is 11.1 Å². The van der Waals surface area contributed by atoms with Crippen molar-refractivity contribution in [2.75, 3.05) is 45.8 Å². The molecular formula is C29H36FN5O3S. The minimum atomic E-state index is -3.68. The second-order valence-electron chi connectivity index (χ2n) is 9.96. The molecule has 0 aliphatic carbocycles. The van der Waals surface area contributed by atoms with Crippen molar-refractivity contribution >= 4 is 15.9 Å². The maximum absolute atomic E-state index is 13.2. The van der Waals surface area contributed by atoms with Gasteiger partial charge in [-0.2, -0.15) is 4.31 Å². The largest absolute Gasteiger partial charge is 0.405 e. The van der Waals surface area contributed by atoms with Crippen LogP contribution in [0.25, 0.3) is 11.1 Å². The highest BCUT2D eigenvalue weighted by molar-refractivity contribution is 7.89. The lowest BCUT2D eigenvalue weighted by molar-refractivity contribution is -0.138. The summed E-state index contributed by atoms with van der Waals surface area (Å²) >= 11 is 0. The third kappa shape index (κ3) is 7.14. The van der Waals surface area contributed by atoms with Crippen LogP contribution in [0.5, 0.6) is 0 Å². The zero-order valence-corrected chi connectivity index (χ0v) is 22.8. The second kappa shape index (κ2) is 12.6. The molecule has 0 bridgehead atoms. The molecule has 0 aromatic heterocycles. The van der Waals surface area contributed by atoms with Gasteiger partial charge in [-0.25, -0.2) is 12.8 Å². The zero-order valence-electron chi connectivity index (χ0n) is 22.0. The smallest absolute Gasteiger partial charge is 0.243 e. The number of benzene rings is 2. The van der Waals surface area contributed by atoms with Crippen molar-refractivity contribution in [1.82, 2.24) is 14.1 Å². The number of amides is 1. The lowest BCUT2D eigenvalue weighted by atomic mass is 9.94. The highest BCUT2D eigenvalue weighted by atomic mass is 32.2. The first kappa shape index (κ1) is 28.5. The molecule has 8 nitrogen and oxygen atoms in total. The van der Waals surface area contributed by atoms with Gasteiger partial charge in [0.05, 0.1) is 4.90 Å². The molecule has 208 valence electrons. The Balaban J connectivity index is 1.29. The number of sulfonamides is 1. The number of carbonyl (C=O) groups is 1. The van der Waals surface area contributed by atoms with Crippen LogP contribution in [0.2, 0.25) is 0 Å². The van der Waals surface area contributed by atoms with Crippen LogP contribution >= 0.6 is 0 Å². The molecule has 39 heavy (non-hydrogen) atoms. The van der Waals surface area contributed by atoms with E-state index in [1.165, 1.54) is 22.6 Å². The Morgan fingerprint density at radius 2 is 1.51 bits per heavy atom. The van der Waals surface area contributed by atoms with Crippen LogP contribution < -0.4 is 11.5 Å². The van der Waals surface area contributed by atoms with Gasteiger partial charge in [0.2, 0.25) is 15.9 Å². The Morgan fingerprint density at radius 3 is 2.05 bits per heavy atom. The molecule has 2 saturated heterocycles. The Labute approximate surface area is 230 Å². The first-order valence-electron chi connectivity index (χ1n) is 13.1. The van der Waals surface area contributed by atoms with Crippen LogP contribution in [0.4, 0.5) is 4.39 Å². The number of rotatable bonds is 8.